The molecule has 6 nitrogen and oxygen atoms in total. The summed E-state index contributed by atoms with van der Waals surface area (Å²) in [5.74, 6) is -2.31. The average Bonchev–Trinajstić information content (AvgIpc) is 3.07. The van der Waals surface area contributed by atoms with Crippen LogP contribution in [0.1, 0.15) is 13.8 Å². The maximum atomic E-state index is 12.7. The van der Waals surface area contributed by atoms with E-state index >= 15 is 0 Å². The molecule has 2 unspecified atom stereocenters. The highest BCUT2D eigenvalue weighted by Gasteiger charge is 2.68. The maximum absolute atomic E-state index is 12.7. The standard InChI is InChI=1S/C15H18O6S/c1-14(2)20-12-11-8-18-15(19-11,13(12)21-14)9-22(16,17)10-6-4-3-5-7-10/h3-7,11-13H,8-9H2,1-2H3/t11?,12-,13-,15?/m1/s1. The van der Waals surface area contributed by atoms with Crippen LogP contribution in [0.3, 0.4) is 0 Å². The number of ether oxygens (including phenoxy) is 4. The van der Waals surface area contributed by atoms with E-state index in [1.54, 1.807) is 30.3 Å². The number of sulfone groups is 1. The lowest BCUT2D eigenvalue weighted by atomic mass is 10.0. The van der Waals surface area contributed by atoms with Crippen LogP contribution in [0.4, 0.5) is 0 Å². The van der Waals surface area contributed by atoms with Gasteiger partial charge in [-0.3, -0.25) is 0 Å². The molecule has 0 radical (unpaired) electrons. The normalized spacial score (nSPS) is 39.1. The molecule has 22 heavy (non-hydrogen) atoms. The van der Waals surface area contributed by atoms with Gasteiger partial charge in [0, 0.05) is 0 Å². The highest BCUT2D eigenvalue weighted by Crippen LogP contribution is 2.49. The van der Waals surface area contributed by atoms with Crippen LogP contribution < -0.4 is 0 Å². The molecule has 0 spiro atoms. The monoisotopic (exact) mass is 326 g/mol. The van der Waals surface area contributed by atoms with Gasteiger partial charge in [0.2, 0.25) is 5.79 Å². The molecule has 0 saturated carbocycles. The zero-order valence-corrected chi connectivity index (χ0v) is 13.2. The Bertz CT molecular complexity index is 685. The number of benzene rings is 1. The summed E-state index contributed by atoms with van der Waals surface area (Å²) < 4.78 is 48.5. The third-order valence-corrected chi connectivity index (χ3v) is 6.04. The van der Waals surface area contributed by atoms with Crippen LogP contribution in [0.25, 0.3) is 0 Å². The van der Waals surface area contributed by atoms with Gasteiger partial charge in [0.15, 0.2) is 15.6 Å². The van der Waals surface area contributed by atoms with Gasteiger partial charge in [-0.2, -0.15) is 0 Å². The van der Waals surface area contributed by atoms with Crippen molar-refractivity contribution in [1.29, 1.82) is 0 Å². The van der Waals surface area contributed by atoms with Crippen molar-refractivity contribution in [2.24, 2.45) is 0 Å². The van der Waals surface area contributed by atoms with Crippen molar-refractivity contribution in [3.8, 4) is 0 Å². The third kappa shape index (κ3) is 2.11. The molecule has 0 aromatic heterocycles. The van der Waals surface area contributed by atoms with E-state index in [4.69, 9.17) is 18.9 Å². The summed E-state index contributed by atoms with van der Waals surface area (Å²) in [4.78, 5) is 0.252. The zero-order chi connectivity index (χ0) is 15.6. The van der Waals surface area contributed by atoms with E-state index in [0.717, 1.165) is 0 Å². The molecule has 3 heterocycles. The molecular formula is C15H18O6S. The molecule has 0 aliphatic carbocycles. The Balaban J connectivity index is 1.65. The second-order valence-electron chi connectivity index (χ2n) is 6.37. The maximum Gasteiger partial charge on any atom is 0.212 e. The molecule has 4 atom stereocenters. The van der Waals surface area contributed by atoms with Gasteiger partial charge >= 0.3 is 0 Å². The fourth-order valence-corrected chi connectivity index (χ4v) is 4.98. The van der Waals surface area contributed by atoms with Crippen LogP contribution in [-0.2, 0) is 28.8 Å². The molecular weight excluding hydrogens is 308 g/mol. The molecule has 0 amide bonds. The average molecular weight is 326 g/mol. The van der Waals surface area contributed by atoms with Gasteiger partial charge in [0.1, 0.15) is 24.1 Å². The largest absolute Gasteiger partial charge is 0.344 e. The SMILES string of the molecule is CC1(C)O[C@@H]2C3COC(CS(=O)(=O)c4ccccc4)(O3)[C@@H]2O1. The fraction of sp³-hybridized carbons (Fsp3) is 0.600. The number of rotatable bonds is 3. The van der Waals surface area contributed by atoms with E-state index in [1.165, 1.54) is 0 Å². The van der Waals surface area contributed by atoms with Crippen molar-refractivity contribution in [2.45, 2.75) is 48.6 Å². The molecule has 3 aliphatic heterocycles. The molecule has 4 rings (SSSR count). The van der Waals surface area contributed by atoms with E-state index in [9.17, 15) is 8.42 Å². The molecule has 7 heteroatoms. The highest BCUT2D eigenvalue weighted by molar-refractivity contribution is 7.91. The van der Waals surface area contributed by atoms with E-state index < -0.39 is 27.5 Å². The summed E-state index contributed by atoms with van der Waals surface area (Å²) in [5, 5.41) is 0. The Labute approximate surface area is 129 Å². The second kappa shape index (κ2) is 4.52. The molecule has 1 aromatic rings. The van der Waals surface area contributed by atoms with Crippen molar-refractivity contribution >= 4 is 9.84 Å². The van der Waals surface area contributed by atoms with Crippen molar-refractivity contribution < 1.29 is 27.4 Å². The first-order valence-corrected chi connectivity index (χ1v) is 8.92. The van der Waals surface area contributed by atoms with E-state index in [0.29, 0.717) is 6.61 Å². The Morgan fingerprint density at radius 2 is 1.86 bits per heavy atom. The van der Waals surface area contributed by atoms with Gasteiger partial charge in [-0.1, -0.05) is 18.2 Å². The number of hydrogen-bond acceptors (Lipinski definition) is 6. The Morgan fingerprint density at radius 1 is 1.14 bits per heavy atom. The first-order chi connectivity index (χ1) is 10.3. The quantitative estimate of drug-likeness (QED) is 0.828. The Kier molecular flexibility index (Phi) is 3.00. The predicted octanol–water partition coefficient (Wildman–Crippen LogP) is 1.11. The number of fused-ring (bicyclic) bond motifs is 5. The zero-order valence-electron chi connectivity index (χ0n) is 12.4. The van der Waals surface area contributed by atoms with Crippen LogP contribution >= 0.6 is 0 Å². The van der Waals surface area contributed by atoms with Crippen molar-refractivity contribution in [3.05, 3.63) is 30.3 Å². The lowest BCUT2D eigenvalue weighted by molar-refractivity contribution is -0.231. The summed E-state index contributed by atoms with van der Waals surface area (Å²) in [6.45, 7) is 3.94. The molecule has 2 bridgehead atoms. The first-order valence-electron chi connectivity index (χ1n) is 7.27. The third-order valence-electron chi connectivity index (χ3n) is 4.27. The lowest BCUT2D eigenvalue weighted by Gasteiger charge is -2.31. The van der Waals surface area contributed by atoms with Gasteiger partial charge in [0.25, 0.3) is 0 Å². The number of hydrogen-bond donors (Lipinski definition) is 0. The summed E-state index contributed by atoms with van der Waals surface area (Å²) in [7, 11) is -3.55. The van der Waals surface area contributed by atoms with Crippen molar-refractivity contribution in [1.82, 2.24) is 0 Å². The summed E-state index contributed by atoms with van der Waals surface area (Å²) in [6.07, 6.45) is -1.09. The molecule has 3 aliphatic rings. The molecule has 0 N–H and O–H groups in total. The fourth-order valence-electron chi connectivity index (χ4n) is 3.39. The van der Waals surface area contributed by atoms with Gasteiger partial charge in [-0.05, 0) is 26.0 Å². The Morgan fingerprint density at radius 3 is 2.59 bits per heavy atom. The van der Waals surface area contributed by atoms with E-state index in [1.807, 2.05) is 13.8 Å². The van der Waals surface area contributed by atoms with Crippen LogP contribution in [0, 0.1) is 0 Å². The highest BCUT2D eigenvalue weighted by atomic mass is 32.2. The van der Waals surface area contributed by atoms with Gasteiger partial charge < -0.3 is 18.9 Å². The van der Waals surface area contributed by atoms with Crippen LogP contribution in [-0.4, -0.2) is 50.7 Å². The molecule has 3 saturated heterocycles. The van der Waals surface area contributed by atoms with Crippen LogP contribution in [0.15, 0.2) is 35.2 Å². The lowest BCUT2D eigenvalue weighted by Crippen LogP contribution is -2.51. The van der Waals surface area contributed by atoms with E-state index in [-0.39, 0.29) is 22.9 Å². The van der Waals surface area contributed by atoms with E-state index in [2.05, 4.69) is 0 Å². The topological polar surface area (TPSA) is 71.1 Å². The van der Waals surface area contributed by atoms with Crippen LogP contribution in [0.2, 0.25) is 0 Å². The first kappa shape index (κ1) is 14.6. The Hall–Kier alpha value is -0.990. The van der Waals surface area contributed by atoms with Crippen molar-refractivity contribution in [2.75, 3.05) is 12.4 Å². The summed E-state index contributed by atoms with van der Waals surface area (Å²) >= 11 is 0. The molecule has 1 aromatic carbocycles. The minimum Gasteiger partial charge on any atom is -0.344 e. The van der Waals surface area contributed by atoms with Gasteiger partial charge in [-0.15, -0.1) is 0 Å². The minimum atomic E-state index is -3.55. The van der Waals surface area contributed by atoms with Crippen molar-refractivity contribution in [3.63, 3.8) is 0 Å². The predicted molar refractivity (Wildman–Crippen MR) is 75.9 cm³/mol. The van der Waals surface area contributed by atoms with Crippen LogP contribution in [0.5, 0.6) is 0 Å². The summed E-state index contributed by atoms with van der Waals surface area (Å²) in [5.41, 5.74) is 0. The molecule has 3 fully saturated rings. The summed E-state index contributed by atoms with van der Waals surface area (Å²) in [6, 6.07) is 8.30. The van der Waals surface area contributed by atoms with Gasteiger partial charge in [0.05, 0.1) is 11.5 Å². The smallest absolute Gasteiger partial charge is 0.212 e. The van der Waals surface area contributed by atoms with Gasteiger partial charge in [-0.25, -0.2) is 8.42 Å². The second-order valence-corrected chi connectivity index (χ2v) is 8.36. The molecule has 120 valence electrons. The minimum absolute atomic E-state index is 0.252.